The summed E-state index contributed by atoms with van der Waals surface area (Å²) in [6.07, 6.45) is 1.76. The van der Waals surface area contributed by atoms with Crippen molar-refractivity contribution in [1.82, 2.24) is 19.9 Å². The van der Waals surface area contributed by atoms with E-state index in [1.54, 1.807) is 6.20 Å². The summed E-state index contributed by atoms with van der Waals surface area (Å²) in [5.41, 5.74) is 6.24. The number of nitrogens with zero attached hydrogens (tertiary/aromatic N) is 4. The van der Waals surface area contributed by atoms with Gasteiger partial charge in [-0.3, -0.25) is 4.98 Å². The first kappa shape index (κ1) is 25.3. The summed E-state index contributed by atoms with van der Waals surface area (Å²) in [5.74, 6) is 1.68. The van der Waals surface area contributed by atoms with E-state index in [-0.39, 0.29) is 0 Å². The molecule has 0 amide bonds. The summed E-state index contributed by atoms with van der Waals surface area (Å²) < 4.78 is 6.43. The molecule has 0 saturated heterocycles. The summed E-state index contributed by atoms with van der Waals surface area (Å²) in [7, 11) is 0. The number of fused-ring (bicyclic) bond motifs is 5. The van der Waals surface area contributed by atoms with Gasteiger partial charge in [0, 0.05) is 22.7 Å². The highest BCUT2D eigenvalue weighted by Crippen LogP contribution is 2.37. The molecule has 45 heavy (non-hydrogen) atoms. The second-order valence-corrected chi connectivity index (χ2v) is 11.1. The average Bonchev–Trinajstić information content (AvgIpc) is 3.49. The molecule has 0 spiro atoms. The minimum atomic E-state index is 0.499. The van der Waals surface area contributed by atoms with Crippen molar-refractivity contribution >= 4 is 43.5 Å². The number of rotatable bonds is 4. The Labute approximate surface area is 258 Å². The zero-order valence-corrected chi connectivity index (χ0v) is 24.1. The van der Waals surface area contributed by atoms with Gasteiger partial charge in [-0.15, -0.1) is 0 Å². The molecule has 3 aromatic heterocycles. The van der Waals surface area contributed by atoms with Crippen molar-refractivity contribution in [1.29, 1.82) is 0 Å². The Morgan fingerprint density at radius 3 is 1.73 bits per heavy atom. The summed E-state index contributed by atoms with van der Waals surface area (Å²) in [6, 6.07) is 47.8. The number of pyridine rings is 1. The van der Waals surface area contributed by atoms with Gasteiger partial charge in [-0.05, 0) is 63.0 Å². The van der Waals surface area contributed by atoms with Crippen molar-refractivity contribution < 1.29 is 4.42 Å². The largest absolute Gasteiger partial charge is 0.456 e. The maximum atomic E-state index is 6.43. The first-order chi connectivity index (χ1) is 22.3. The van der Waals surface area contributed by atoms with Crippen LogP contribution in [-0.2, 0) is 0 Å². The minimum absolute atomic E-state index is 0.499. The van der Waals surface area contributed by atoms with E-state index in [0.717, 1.165) is 55.0 Å². The number of hydrogen-bond donors (Lipinski definition) is 0. The fourth-order valence-corrected chi connectivity index (χ4v) is 6.09. The molecule has 6 aromatic carbocycles. The zero-order chi connectivity index (χ0) is 29.7. The van der Waals surface area contributed by atoms with Gasteiger partial charge in [0.15, 0.2) is 17.5 Å². The Balaban J connectivity index is 1.23. The molecule has 210 valence electrons. The average molecular weight is 577 g/mol. The Morgan fingerprint density at radius 2 is 0.978 bits per heavy atom. The third kappa shape index (κ3) is 4.41. The van der Waals surface area contributed by atoms with E-state index >= 15 is 0 Å². The molecule has 3 heterocycles. The molecular formula is C40H24N4O. The van der Waals surface area contributed by atoms with Gasteiger partial charge in [-0.1, -0.05) is 109 Å². The molecule has 5 nitrogen and oxygen atoms in total. The predicted molar refractivity (Wildman–Crippen MR) is 182 cm³/mol. The standard InChI is InChI=1S/C40H24N4O/c1-2-10-27(11-3-1)38-42-39(32-17-15-26-9-5-7-13-29(26)23-32)44-40(43-38)37-36-33-19-18-31(24-35(33)45-34(36)20-21-41-37)30-16-14-25-8-4-6-12-28(25)22-30/h1-24H. The van der Waals surface area contributed by atoms with Crippen LogP contribution in [0.1, 0.15) is 0 Å². The molecule has 0 N–H and O–H groups in total. The Bertz CT molecular complexity index is 2550. The molecule has 0 unspecified atom stereocenters. The predicted octanol–water partition coefficient (Wildman–Crippen LogP) is 10.1. The van der Waals surface area contributed by atoms with Crippen molar-refractivity contribution in [2.75, 3.05) is 0 Å². The van der Waals surface area contributed by atoms with E-state index in [1.807, 2.05) is 48.5 Å². The zero-order valence-electron chi connectivity index (χ0n) is 24.1. The van der Waals surface area contributed by atoms with Crippen LogP contribution in [0, 0.1) is 0 Å². The van der Waals surface area contributed by atoms with Gasteiger partial charge in [0.1, 0.15) is 16.9 Å². The molecule has 0 aliphatic heterocycles. The topological polar surface area (TPSA) is 64.7 Å². The van der Waals surface area contributed by atoms with Gasteiger partial charge < -0.3 is 4.42 Å². The van der Waals surface area contributed by atoms with Crippen LogP contribution in [0.25, 0.3) is 88.9 Å². The fourth-order valence-electron chi connectivity index (χ4n) is 6.09. The minimum Gasteiger partial charge on any atom is -0.456 e. The molecule has 9 rings (SSSR count). The first-order valence-electron chi connectivity index (χ1n) is 14.9. The van der Waals surface area contributed by atoms with Crippen LogP contribution in [0.4, 0.5) is 0 Å². The lowest BCUT2D eigenvalue weighted by molar-refractivity contribution is 0.668. The molecule has 9 aromatic rings. The lowest BCUT2D eigenvalue weighted by Crippen LogP contribution is -2.01. The number of furan rings is 1. The van der Waals surface area contributed by atoms with Gasteiger partial charge in [0.05, 0.1) is 5.39 Å². The second-order valence-electron chi connectivity index (χ2n) is 11.1. The summed E-state index contributed by atoms with van der Waals surface area (Å²) in [5, 5.41) is 6.56. The van der Waals surface area contributed by atoms with E-state index in [1.165, 1.54) is 10.8 Å². The lowest BCUT2D eigenvalue weighted by atomic mass is 10.00. The first-order valence-corrected chi connectivity index (χ1v) is 14.9. The van der Waals surface area contributed by atoms with E-state index in [9.17, 15) is 0 Å². The van der Waals surface area contributed by atoms with E-state index in [0.29, 0.717) is 23.2 Å². The molecular weight excluding hydrogens is 552 g/mol. The van der Waals surface area contributed by atoms with Gasteiger partial charge in [-0.25, -0.2) is 15.0 Å². The van der Waals surface area contributed by atoms with Crippen LogP contribution in [0.2, 0.25) is 0 Å². The van der Waals surface area contributed by atoms with Crippen molar-refractivity contribution in [3.05, 3.63) is 146 Å². The lowest BCUT2D eigenvalue weighted by Gasteiger charge is -2.09. The molecule has 5 heteroatoms. The van der Waals surface area contributed by atoms with Crippen LogP contribution in [0.15, 0.2) is 150 Å². The Morgan fingerprint density at radius 1 is 0.400 bits per heavy atom. The summed E-state index contributed by atoms with van der Waals surface area (Å²) >= 11 is 0. The van der Waals surface area contributed by atoms with Crippen molar-refractivity contribution in [2.45, 2.75) is 0 Å². The molecule has 0 fully saturated rings. The number of aromatic nitrogens is 4. The highest BCUT2D eigenvalue weighted by molar-refractivity contribution is 6.11. The van der Waals surface area contributed by atoms with Crippen molar-refractivity contribution in [2.24, 2.45) is 0 Å². The molecule has 0 bridgehead atoms. The third-order valence-corrected chi connectivity index (χ3v) is 8.35. The molecule has 0 aliphatic rings. The van der Waals surface area contributed by atoms with Crippen molar-refractivity contribution in [3.8, 4) is 45.4 Å². The third-order valence-electron chi connectivity index (χ3n) is 8.35. The maximum Gasteiger partial charge on any atom is 0.183 e. The van der Waals surface area contributed by atoms with Gasteiger partial charge in [0.2, 0.25) is 0 Å². The summed E-state index contributed by atoms with van der Waals surface area (Å²) in [6.45, 7) is 0. The van der Waals surface area contributed by atoms with E-state index < -0.39 is 0 Å². The number of hydrogen-bond acceptors (Lipinski definition) is 5. The Hall–Kier alpha value is -6.20. The molecule has 0 aliphatic carbocycles. The van der Waals surface area contributed by atoms with Crippen LogP contribution >= 0.6 is 0 Å². The van der Waals surface area contributed by atoms with Crippen LogP contribution in [-0.4, -0.2) is 19.9 Å². The van der Waals surface area contributed by atoms with Gasteiger partial charge >= 0.3 is 0 Å². The van der Waals surface area contributed by atoms with Crippen molar-refractivity contribution in [3.63, 3.8) is 0 Å². The van der Waals surface area contributed by atoms with Gasteiger partial charge in [0.25, 0.3) is 0 Å². The Kier molecular flexibility index (Phi) is 5.74. The molecule has 0 atom stereocenters. The number of benzene rings is 6. The summed E-state index contributed by atoms with van der Waals surface area (Å²) in [4.78, 5) is 19.7. The fraction of sp³-hybridized carbons (Fsp3) is 0. The monoisotopic (exact) mass is 576 g/mol. The van der Waals surface area contributed by atoms with Crippen LogP contribution < -0.4 is 0 Å². The highest BCUT2D eigenvalue weighted by atomic mass is 16.3. The van der Waals surface area contributed by atoms with Gasteiger partial charge in [-0.2, -0.15) is 0 Å². The van der Waals surface area contributed by atoms with E-state index in [2.05, 4.69) is 91.0 Å². The second kappa shape index (κ2) is 10.2. The normalized spacial score (nSPS) is 11.6. The smallest absolute Gasteiger partial charge is 0.183 e. The SMILES string of the molecule is c1ccc(-c2nc(-c3ccc4ccccc4c3)nc(-c3nccc4oc5cc(-c6ccc7ccccc7c6)ccc5c34)n2)cc1. The molecule has 0 saturated carbocycles. The van der Waals surface area contributed by atoms with Crippen LogP contribution in [0.3, 0.4) is 0 Å². The highest BCUT2D eigenvalue weighted by Gasteiger charge is 2.19. The van der Waals surface area contributed by atoms with E-state index in [4.69, 9.17) is 24.4 Å². The molecule has 0 radical (unpaired) electrons. The van der Waals surface area contributed by atoms with Crippen LogP contribution in [0.5, 0.6) is 0 Å². The quantitative estimate of drug-likeness (QED) is 0.209. The maximum absolute atomic E-state index is 6.43.